The van der Waals surface area contributed by atoms with Crippen molar-refractivity contribution in [3.8, 4) is 0 Å². The van der Waals surface area contributed by atoms with Gasteiger partial charge in [-0.25, -0.2) is 0 Å². The third-order valence-electron chi connectivity index (χ3n) is 8.95. The van der Waals surface area contributed by atoms with Gasteiger partial charge in [0.1, 0.15) is 5.76 Å². The molecule has 3 fully saturated rings. The van der Waals surface area contributed by atoms with Crippen LogP contribution in [0.15, 0.2) is 57.3 Å². The second-order valence-corrected chi connectivity index (χ2v) is 10.3. The quantitative estimate of drug-likeness (QED) is 0.360. The van der Waals surface area contributed by atoms with Gasteiger partial charge in [0, 0.05) is 5.41 Å². The lowest BCUT2D eigenvalue weighted by atomic mass is 9.48. The molecule has 0 spiro atoms. The van der Waals surface area contributed by atoms with E-state index in [-0.39, 0.29) is 16.9 Å². The van der Waals surface area contributed by atoms with Crippen molar-refractivity contribution in [2.75, 3.05) is 0 Å². The Morgan fingerprint density at radius 3 is 2.73 bits per heavy atom. The fourth-order valence-electron chi connectivity index (χ4n) is 7.30. The number of allylic oxidation sites excluding steroid dienone is 4. The average Bonchev–Trinajstić information content (AvgIpc) is 3.33. The maximum Gasteiger partial charge on any atom is 0.126 e. The number of furan rings is 1. The summed E-state index contributed by atoms with van der Waals surface area (Å²) in [4.78, 5) is 0. The van der Waals surface area contributed by atoms with Crippen LogP contribution in [0.1, 0.15) is 64.6 Å². The van der Waals surface area contributed by atoms with Gasteiger partial charge in [0.25, 0.3) is 0 Å². The van der Waals surface area contributed by atoms with E-state index in [0.29, 0.717) is 17.8 Å². The van der Waals surface area contributed by atoms with E-state index in [0.717, 1.165) is 55.6 Å². The summed E-state index contributed by atoms with van der Waals surface area (Å²) < 4.78 is 5.39. The van der Waals surface area contributed by atoms with Crippen molar-refractivity contribution in [1.29, 1.82) is 0 Å². The average molecular weight is 408 g/mol. The van der Waals surface area contributed by atoms with Gasteiger partial charge in [-0.3, -0.25) is 0 Å². The van der Waals surface area contributed by atoms with E-state index >= 15 is 0 Å². The summed E-state index contributed by atoms with van der Waals surface area (Å²) in [6, 6.07) is 3.82. The zero-order valence-electron chi connectivity index (χ0n) is 18.1. The van der Waals surface area contributed by atoms with E-state index in [1.807, 2.05) is 24.3 Å². The molecule has 1 aromatic rings. The predicted molar refractivity (Wildman–Crippen MR) is 118 cm³/mol. The van der Waals surface area contributed by atoms with Crippen molar-refractivity contribution in [3.05, 3.63) is 53.5 Å². The molecule has 6 atom stereocenters. The number of aliphatic hydroxyl groups excluding tert-OH is 1. The van der Waals surface area contributed by atoms with Crippen LogP contribution in [0, 0.1) is 28.6 Å². The predicted octanol–water partition coefficient (Wildman–Crippen LogP) is 5.98. The molecule has 4 heteroatoms. The fraction of sp³-hybridized carbons (Fsp3) is 0.577. The van der Waals surface area contributed by atoms with Crippen molar-refractivity contribution in [1.82, 2.24) is 0 Å². The van der Waals surface area contributed by atoms with Gasteiger partial charge in [-0.15, -0.1) is 0 Å². The van der Waals surface area contributed by atoms with Crippen LogP contribution in [0.4, 0.5) is 0 Å². The Morgan fingerprint density at radius 1 is 1.13 bits per heavy atom. The number of fused-ring (bicyclic) bond motifs is 5. The van der Waals surface area contributed by atoms with Crippen molar-refractivity contribution < 1.29 is 14.7 Å². The molecule has 3 saturated carbocycles. The third kappa shape index (κ3) is 2.95. The minimum atomic E-state index is -0.162. The number of hydrogen-bond donors (Lipinski definition) is 2. The van der Waals surface area contributed by atoms with Crippen LogP contribution in [-0.4, -0.2) is 22.1 Å². The maximum atomic E-state index is 10.2. The van der Waals surface area contributed by atoms with Gasteiger partial charge in [0.15, 0.2) is 0 Å². The van der Waals surface area contributed by atoms with Crippen LogP contribution in [0.25, 0.3) is 6.08 Å². The monoisotopic (exact) mass is 407 g/mol. The lowest BCUT2D eigenvalue weighted by Crippen LogP contribution is -2.50. The van der Waals surface area contributed by atoms with Gasteiger partial charge in [-0.05, 0) is 91.9 Å². The molecule has 5 unspecified atom stereocenters. The van der Waals surface area contributed by atoms with E-state index in [1.54, 1.807) is 6.26 Å². The number of oxime groups is 1. The van der Waals surface area contributed by atoms with Crippen molar-refractivity contribution in [2.45, 2.75) is 64.9 Å². The molecule has 4 aliphatic rings. The number of aliphatic hydroxyl groups is 1. The van der Waals surface area contributed by atoms with E-state index in [1.165, 1.54) is 12.0 Å². The van der Waals surface area contributed by atoms with E-state index in [2.05, 4.69) is 31.2 Å². The third-order valence-corrected chi connectivity index (χ3v) is 8.95. The maximum absolute atomic E-state index is 10.2. The number of hydrogen-bond acceptors (Lipinski definition) is 4. The molecule has 0 saturated heterocycles. The first-order chi connectivity index (χ1) is 14.5. The molecule has 0 amide bonds. The fourth-order valence-corrected chi connectivity index (χ4v) is 7.30. The van der Waals surface area contributed by atoms with Crippen LogP contribution in [-0.2, 0) is 0 Å². The first kappa shape index (κ1) is 19.9. The molecule has 0 aliphatic heterocycles. The first-order valence-corrected chi connectivity index (χ1v) is 11.5. The zero-order valence-corrected chi connectivity index (χ0v) is 18.1. The molecule has 160 valence electrons. The first-order valence-electron chi connectivity index (χ1n) is 11.5. The highest BCUT2D eigenvalue weighted by molar-refractivity contribution is 6.06. The summed E-state index contributed by atoms with van der Waals surface area (Å²) >= 11 is 0. The van der Waals surface area contributed by atoms with Gasteiger partial charge >= 0.3 is 0 Å². The Morgan fingerprint density at radius 2 is 1.97 bits per heavy atom. The van der Waals surface area contributed by atoms with Gasteiger partial charge in [0.2, 0.25) is 0 Å². The molecular weight excluding hydrogens is 374 g/mol. The second kappa shape index (κ2) is 7.26. The van der Waals surface area contributed by atoms with Gasteiger partial charge in [-0.1, -0.05) is 42.8 Å². The highest BCUT2D eigenvalue weighted by atomic mass is 16.4. The largest absolute Gasteiger partial charge is 0.465 e. The molecule has 0 bridgehead atoms. The van der Waals surface area contributed by atoms with Crippen molar-refractivity contribution >= 4 is 11.8 Å². The molecule has 5 rings (SSSR count). The molecular formula is C26H33NO3. The Hall–Kier alpha value is -2.07. The molecule has 0 aromatic carbocycles. The van der Waals surface area contributed by atoms with Crippen LogP contribution in [0.2, 0.25) is 0 Å². The molecule has 0 radical (unpaired) electrons. The van der Waals surface area contributed by atoms with Gasteiger partial charge < -0.3 is 14.7 Å². The number of rotatable bonds is 2. The van der Waals surface area contributed by atoms with Crippen LogP contribution >= 0.6 is 0 Å². The van der Waals surface area contributed by atoms with Gasteiger partial charge in [0.05, 0.1) is 18.1 Å². The van der Waals surface area contributed by atoms with Crippen LogP contribution in [0.3, 0.4) is 0 Å². The Bertz CT molecular complexity index is 924. The molecule has 2 N–H and O–H groups in total. The normalized spacial score (nSPS) is 43.5. The zero-order chi connectivity index (χ0) is 20.9. The lowest BCUT2D eigenvalue weighted by Gasteiger charge is -2.56. The van der Waals surface area contributed by atoms with E-state index < -0.39 is 0 Å². The SMILES string of the molecule is CC12CC[C@H](O)CC1=CCC1C2CCC2(C)C(=N/O)/C(=C/C=C\c3ccco3)CC12. The van der Waals surface area contributed by atoms with Crippen molar-refractivity contribution in [2.24, 2.45) is 33.7 Å². The minimum absolute atomic E-state index is 0.0594. The molecule has 4 aliphatic carbocycles. The minimum Gasteiger partial charge on any atom is -0.465 e. The molecule has 30 heavy (non-hydrogen) atoms. The summed E-state index contributed by atoms with van der Waals surface area (Å²) in [5, 5.41) is 24.0. The summed E-state index contributed by atoms with van der Waals surface area (Å²) in [6.45, 7) is 4.76. The van der Waals surface area contributed by atoms with E-state index in [4.69, 9.17) is 4.42 Å². The second-order valence-electron chi connectivity index (χ2n) is 10.3. The molecule has 4 nitrogen and oxygen atoms in total. The lowest BCUT2D eigenvalue weighted by molar-refractivity contribution is -0.0206. The smallest absolute Gasteiger partial charge is 0.126 e. The Balaban J connectivity index is 1.45. The summed E-state index contributed by atoms with van der Waals surface area (Å²) in [7, 11) is 0. The summed E-state index contributed by atoms with van der Waals surface area (Å²) in [5.41, 5.74) is 3.71. The highest BCUT2D eigenvalue weighted by Gasteiger charge is 2.59. The summed E-state index contributed by atoms with van der Waals surface area (Å²) in [6.07, 6.45) is 17.2. The summed E-state index contributed by atoms with van der Waals surface area (Å²) in [5.74, 6) is 2.62. The Labute approximate surface area is 179 Å². The standard InChI is InChI=1S/C26H33NO3/c1-25-12-10-19(28)16-18(25)8-9-21-22(25)11-13-26(2)23(21)15-17(24(26)27-29)5-3-6-20-7-4-14-30-20/h3-8,14,19,21-23,28-29H,9-13,15-16H2,1-2H3/b6-3-,17-5+,27-24+/t19-,21?,22?,23?,25?,26?/m0/s1. The van der Waals surface area contributed by atoms with Crippen LogP contribution in [0.5, 0.6) is 0 Å². The highest BCUT2D eigenvalue weighted by Crippen LogP contribution is 2.64. The van der Waals surface area contributed by atoms with Crippen molar-refractivity contribution in [3.63, 3.8) is 0 Å². The molecule has 1 heterocycles. The van der Waals surface area contributed by atoms with Crippen LogP contribution < -0.4 is 0 Å². The van der Waals surface area contributed by atoms with E-state index in [9.17, 15) is 10.3 Å². The number of nitrogens with zero attached hydrogens (tertiary/aromatic N) is 1. The van der Waals surface area contributed by atoms with Gasteiger partial charge in [-0.2, -0.15) is 0 Å². The Kier molecular flexibility index (Phi) is 4.81. The topological polar surface area (TPSA) is 66.0 Å². The molecule has 1 aromatic heterocycles.